The van der Waals surface area contributed by atoms with Crippen LogP contribution in [0.2, 0.25) is 0 Å². The van der Waals surface area contributed by atoms with Gasteiger partial charge < -0.3 is 23.9 Å². The summed E-state index contributed by atoms with van der Waals surface area (Å²) in [6, 6.07) is 12.4. The molecule has 0 aliphatic heterocycles. The molecule has 152 valence electrons. The standard InChI is InChI=1S/C22H23NO6/c1-4-26-18-11-10-15(12-19(18)27-5-2)23-20(24)13-28-22(25)21-14(3)16-8-6-7-9-17(16)29-21/h6-12H,4-5,13H2,1-3H3,(H,23,24). The average Bonchev–Trinajstić information content (AvgIpc) is 3.05. The normalized spacial score (nSPS) is 10.6. The van der Waals surface area contributed by atoms with Gasteiger partial charge in [0.05, 0.1) is 13.2 Å². The topological polar surface area (TPSA) is 87.0 Å². The fraction of sp³-hybridized carbons (Fsp3) is 0.273. The summed E-state index contributed by atoms with van der Waals surface area (Å²) >= 11 is 0. The van der Waals surface area contributed by atoms with Crippen LogP contribution in [0, 0.1) is 6.92 Å². The second kappa shape index (κ2) is 9.14. The van der Waals surface area contributed by atoms with Gasteiger partial charge in [-0.2, -0.15) is 0 Å². The summed E-state index contributed by atoms with van der Waals surface area (Å²) < 4.78 is 21.7. The van der Waals surface area contributed by atoms with Crippen molar-refractivity contribution in [3.63, 3.8) is 0 Å². The molecular formula is C22H23NO6. The summed E-state index contributed by atoms with van der Waals surface area (Å²) in [6.07, 6.45) is 0. The van der Waals surface area contributed by atoms with E-state index in [1.54, 1.807) is 31.2 Å². The Morgan fingerprint density at radius 2 is 1.72 bits per heavy atom. The highest BCUT2D eigenvalue weighted by molar-refractivity contribution is 5.98. The fourth-order valence-corrected chi connectivity index (χ4v) is 2.89. The number of fused-ring (bicyclic) bond motifs is 1. The molecule has 0 bridgehead atoms. The smallest absolute Gasteiger partial charge is 0.375 e. The third-order valence-corrected chi connectivity index (χ3v) is 4.19. The summed E-state index contributed by atoms with van der Waals surface area (Å²) in [5.41, 5.74) is 1.79. The molecule has 7 heteroatoms. The summed E-state index contributed by atoms with van der Waals surface area (Å²) in [5.74, 6) is 0.0640. The molecule has 7 nitrogen and oxygen atoms in total. The van der Waals surface area contributed by atoms with Crippen LogP contribution in [0.25, 0.3) is 11.0 Å². The highest BCUT2D eigenvalue weighted by Crippen LogP contribution is 2.30. The molecule has 2 aromatic carbocycles. The number of esters is 1. The lowest BCUT2D eigenvalue weighted by atomic mass is 10.1. The fourth-order valence-electron chi connectivity index (χ4n) is 2.89. The first kappa shape index (κ1) is 20.3. The molecule has 0 spiro atoms. The minimum absolute atomic E-state index is 0.0960. The first-order chi connectivity index (χ1) is 14.0. The first-order valence-corrected chi connectivity index (χ1v) is 9.38. The molecule has 0 fully saturated rings. The van der Waals surface area contributed by atoms with E-state index in [1.807, 2.05) is 32.0 Å². The molecule has 0 aliphatic rings. The van der Waals surface area contributed by atoms with E-state index in [-0.39, 0.29) is 5.76 Å². The Morgan fingerprint density at radius 1 is 1.00 bits per heavy atom. The number of ether oxygens (including phenoxy) is 3. The highest BCUT2D eigenvalue weighted by Gasteiger charge is 2.20. The zero-order valence-corrected chi connectivity index (χ0v) is 16.6. The zero-order valence-electron chi connectivity index (χ0n) is 16.6. The van der Waals surface area contributed by atoms with Crippen LogP contribution in [0.1, 0.15) is 30.0 Å². The number of amides is 1. The third-order valence-electron chi connectivity index (χ3n) is 4.19. The number of hydrogen-bond acceptors (Lipinski definition) is 6. The lowest BCUT2D eigenvalue weighted by Gasteiger charge is -2.13. The van der Waals surface area contributed by atoms with Crippen LogP contribution in [-0.2, 0) is 9.53 Å². The van der Waals surface area contributed by atoms with E-state index in [0.717, 1.165) is 5.39 Å². The van der Waals surface area contributed by atoms with Crippen molar-refractivity contribution in [2.75, 3.05) is 25.1 Å². The number of para-hydroxylation sites is 1. The van der Waals surface area contributed by atoms with Crippen LogP contribution in [-0.4, -0.2) is 31.7 Å². The Kier molecular flexibility index (Phi) is 6.39. The number of nitrogens with one attached hydrogen (secondary N) is 1. The Labute approximate surface area is 168 Å². The van der Waals surface area contributed by atoms with Crippen LogP contribution in [0.5, 0.6) is 11.5 Å². The number of rotatable bonds is 8. The van der Waals surface area contributed by atoms with E-state index in [2.05, 4.69) is 5.32 Å². The maximum atomic E-state index is 12.3. The van der Waals surface area contributed by atoms with Crippen molar-refractivity contribution < 1.29 is 28.2 Å². The quantitative estimate of drug-likeness (QED) is 0.569. The van der Waals surface area contributed by atoms with Crippen LogP contribution in [0.15, 0.2) is 46.9 Å². The van der Waals surface area contributed by atoms with Crippen LogP contribution in [0.4, 0.5) is 5.69 Å². The second-order valence-electron chi connectivity index (χ2n) is 6.20. The maximum absolute atomic E-state index is 12.3. The van der Waals surface area contributed by atoms with E-state index in [9.17, 15) is 9.59 Å². The van der Waals surface area contributed by atoms with Crippen LogP contribution in [0.3, 0.4) is 0 Å². The van der Waals surface area contributed by atoms with Crippen molar-refractivity contribution in [3.8, 4) is 11.5 Å². The van der Waals surface area contributed by atoms with Crippen molar-refractivity contribution in [1.82, 2.24) is 0 Å². The molecule has 29 heavy (non-hydrogen) atoms. The van der Waals surface area contributed by atoms with E-state index < -0.39 is 18.5 Å². The maximum Gasteiger partial charge on any atom is 0.375 e. The van der Waals surface area contributed by atoms with Gasteiger partial charge in [-0.25, -0.2) is 4.79 Å². The van der Waals surface area contributed by atoms with Gasteiger partial charge in [-0.15, -0.1) is 0 Å². The van der Waals surface area contributed by atoms with Crippen molar-refractivity contribution in [3.05, 3.63) is 53.8 Å². The number of carbonyl (C=O) groups excluding carboxylic acids is 2. The number of hydrogen-bond donors (Lipinski definition) is 1. The van der Waals surface area contributed by atoms with Gasteiger partial charge in [0.1, 0.15) is 5.58 Å². The summed E-state index contributed by atoms with van der Waals surface area (Å²) in [7, 11) is 0. The van der Waals surface area contributed by atoms with E-state index in [0.29, 0.717) is 41.5 Å². The molecule has 3 aromatic rings. The average molecular weight is 397 g/mol. The highest BCUT2D eigenvalue weighted by atomic mass is 16.5. The Morgan fingerprint density at radius 3 is 2.45 bits per heavy atom. The molecular weight excluding hydrogens is 374 g/mol. The third kappa shape index (κ3) is 4.68. The van der Waals surface area contributed by atoms with Gasteiger partial charge in [0, 0.05) is 22.7 Å². The molecule has 0 aliphatic carbocycles. The monoisotopic (exact) mass is 397 g/mol. The van der Waals surface area contributed by atoms with Gasteiger partial charge in [0.15, 0.2) is 18.1 Å². The lowest BCUT2D eigenvalue weighted by molar-refractivity contribution is -0.119. The Balaban J connectivity index is 1.62. The van der Waals surface area contributed by atoms with Gasteiger partial charge in [-0.1, -0.05) is 18.2 Å². The number of carbonyl (C=O) groups is 2. The Bertz CT molecular complexity index is 1020. The van der Waals surface area contributed by atoms with E-state index >= 15 is 0 Å². The molecule has 0 atom stereocenters. The number of anilines is 1. The van der Waals surface area contributed by atoms with Gasteiger partial charge in [0.25, 0.3) is 5.91 Å². The van der Waals surface area contributed by atoms with Gasteiger partial charge in [0.2, 0.25) is 5.76 Å². The minimum Gasteiger partial charge on any atom is -0.490 e. The van der Waals surface area contributed by atoms with Crippen LogP contribution >= 0.6 is 0 Å². The largest absolute Gasteiger partial charge is 0.490 e. The first-order valence-electron chi connectivity index (χ1n) is 9.38. The lowest BCUT2D eigenvalue weighted by Crippen LogP contribution is -2.21. The SMILES string of the molecule is CCOc1ccc(NC(=O)COC(=O)c2oc3ccccc3c2C)cc1OCC. The molecule has 1 heterocycles. The predicted octanol–water partition coefficient (Wildman–Crippen LogP) is 4.33. The van der Waals surface area contributed by atoms with Gasteiger partial charge in [-0.3, -0.25) is 4.79 Å². The number of aryl methyl sites for hydroxylation is 1. The summed E-state index contributed by atoms with van der Waals surface area (Å²) in [5, 5.41) is 3.51. The van der Waals surface area contributed by atoms with Crippen molar-refractivity contribution in [1.29, 1.82) is 0 Å². The molecule has 1 N–H and O–H groups in total. The molecule has 0 unspecified atom stereocenters. The van der Waals surface area contributed by atoms with Gasteiger partial charge >= 0.3 is 5.97 Å². The van der Waals surface area contributed by atoms with Crippen molar-refractivity contribution in [2.45, 2.75) is 20.8 Å². The second-order valence-corrected chi connectivity index (χ2v) is 6.20. The van der Waals surface area contributed by atoms with Gasteiger partial charge in [-0.05, 0) is 39.0 Å². The number of furan rings is 1. The van der Waals surface area contributed by atoms with E-state index in [4.69, 9.17) is 18.6 Å². The number of benzene rings is 2. The zero-order chi connectivity index (χ0) is 20.8. The summed E-state index contributed by atoms with van der Waals surface area (Å²) in [4.78, 5) is 24.5. The van der Waals surface area contributed by atoms with Crippen molar-refractivity contribution >= 4 is 28.5 Å². The summed E-state index contributed by atoms with van der Waals surface area (Å²) in [6.45, 7) is 6.04. The van der Waals surface area contributed by atoms with E-state index in [1.165, 1.54) is 0 Å². The Hall–Kier alpha value is -3.48. The van der Waals surface area contributed by atoms with Crippen molar-refractivity contribution in [2.24, 2.45) is 0 Å². The molecule has 0 saturated carbocycles. The van der Waals surface area contributed by atoms with Crippen LogP contribution < -0.4 is 14.8 Å². The molecule has 3 rings (SSSR count). The molecule has 0 radical (unpaired) electrons. The minimum atomic E-state index is -0.685. The molecule has 0 saturated heterocycles. The molecule has 1 aromatic heterocycles. The molecule has 1 amide bonds. The predicted molar refractivity (Wildman–Crippen MR) is 109 cm³/mol.